The summed E-state index contributed by atoms with van der Waals surface area (Å²) < 4.78 is 13.7. The van der Waals surface area contributed by atoms with E-state index in [9.17, 15) is 14.3 Å². The summed E-state index contributed by atoms with van der Waals surface area (Å²) in [6.07, 6.45) is 0. The van der Waals surface area contributed by atoms with E-state index in [2.05, 4.69) is 10.3 Å². The Morgan fingerprint density at radius 2 is 2.10 bits per heavy atom. The molecule has 0 aliphatic carbocycles. The molecule has 0 atom stereocenters. The molecule has 0 spiro atoms. The van der Waals surface area contributed by atoms with Crippen LogP contribution in [-0.2, 0) is 0 Å². The maximum Gasteiger partial charge on any atom is 0.339 e. The van der Waals surface area contributed by atoms with Gasteiger partial charge in [-0.15, -0.1) is 0 Å². The van der Waals surface area contributed by atoms with Crippen molar-refractivity contribution in [1.82, 2.24) is 4.98 Å². The number of para-hydroxylation sites is 1. The lowest BCUT2D eigenvalue weighted by Gasteiger charge is -2.13. The second kappa shape index (κ2) is 5.46. The van der Waals surface area contributed by atoms with Crippen molar-refractivity contribution >= 4 is 29.1 Å². The highest BCUT2D eigenvalue weighted by Crippen LogP contribution is 2.30. The zero-order chi connectivity index (χ0) is 14.9. The van der Waals surface area contributed by atoms with Crippen molar-refractivity contribution in [1.29, 1.82) is 0 Å². The van der Waals surface area contributed by atoms with Gasteiger partial charge in [-0.05, 0) is 37.6 Å². The second-order valence-electron chi connectivity index (χ2n) is 4.33. The van der Waals surface area contributed by atoms with Gasteiger partial charge in [0.25, 0.3) is 0 Å². The van der Waals surface area contributed by atoms with Crippen molar-refractivity contribution in [3.8, 4) is 0 Å². The fourth-order valence-electron chi connectivity index (χ4n) is 1.93. The van der Waals surface area contributed by atoms with Crippen LogP contribution in [0.25, 0.3) is 0 Å². The van der Waals surface area contributed by atoms with E-state index in [1.165, 1.54) is 18.2 Å². The monoisotopic (exact) mass is 294 g/mol. The lowest BCUT2D eigenvalue weighted by Crippen LogP contribution is -2.09. The molecule has 0 aliphatic heterocycles. The van der Waals surface area contributed by atoms with Crippen LogP contribution in [0.4, 0.5) is 15.9 Å². The largest absolute Gasteiger partial charge is 0.478 e. The van der Waals surface area contributed by atoms with Crippen molar-refractivity contribution in [2.75, 3.05) is 5.32 Å². The van der Waals surface area contributed by atoms with E-state index in [1.54, 1.807) is 19.9 Å². The number of rotatable bonds is 3. The van der Waals surface area contributed by atoms with Crippen molar-refractivity contribution in [2.45, 2.75) is 13.8 Å². The fraction of sp³-hybridized carbons (Fsp3) is 0.143. The fourth-order valence-corrected chi connectivity index (χ4v) is 2.14. The standard InChI is InChI=1S/C14H12ClFN2O2/c1-7-6-8(2)17-13(11(7)14(19)20)18-12-9(15)4-3-5-10(12)16/h3-6H,1-2H3,(H,17,18)(H,19,20). The molecule has 1 aromatic heterocycles. The van der Waals surface area contributed by atoms with E-state index >= 15 is 0 Å². The summed E-state index contributed by atoms with van der Waals surface area (Å²) in [5, 5.41) is 12.1. The maximum absolute atomic E-state index is 13.7. The number of nitrogens with zero attached hydrogens (tertiary/aromatic N) is 1. The summed E-state index contributed by atoms with van der Waals surface area (Å²) >= 11 is 5.91. The molecule has 0 fully saturated rings. The number of carboxylic acids is 1. The zero-order valence-corrected chi connectivity index (χ0v) is 11.6. The third-order valence-corrected chi connectivity index (χ3v) is 3.08. The average molecular weight is 295 g/mol. The minimum absolute atomic E-state index is 0.00470. The first-order valence-electron chi connectivity index (χ1n) is 5.82. The molecule has 0 saturated heterocycles. The Labute approximate surface area is 120 Å². The summed E-state index contributed by atoms with van der Waals surface area (Å²) in [5.41, 5.74) is 1.17. The second-order valence-corrected chi connectivity index (χ2v) is 4.74. The molecule has 0 saturated carbocycles. The van der Waals surface area contributed by atoms with E-state index in [4.69, 9.17) is 11.6 Å². The number of aromatic nitrogens is 1. The molecule has 0 bridgehead atoms. The molecule has 1 aromatic carbocycles. The lowest BCUT2D eigenvalue weighted by atomic mass is 10.1. The molecule has 0 radical (unpaired) electrons. The third kappa shape index (κ3) is 2.72. The van der Waals surface area contributed by atoms with E-state index in [0.29, 0.717) is 11.3 Å². The molecule has 2 rings (SSSR count). The van der Waals surface area contributed by atoms with Crippen LogP contribution in [0.3, 0.4) is 0 Å². The highest BCUT2D eigenvalue weighted by Gasteiger charge is 2.18. The van der Waals surface area contributed by atoms with Crippen LogP contribution in [0.5, 0.6) is 0 Å². The van der Waals surface area contributed by atoms with E-state index < -0.39 is 11.8 Å². The minimum Gasteiger partial charge on any atom is -0.478 e. The zero-order valence-electron chi connectivity index (χ0n) is 10.9. The highest BCUT2D eigenvalue weighted by molar-refractivity contribution is 6.33. The smallest absolute Gasteiger partial charge is 0.339 e. The van der Waals surface area contributed by atoms with Gasteiger partial charge in [0.1, 0.15) is 17.2 Å². The first-order valence-corrected chi connectivity index (χ1v) is 6.20. The molecule has 1 heterocycles. The number of hydrogen-bond donors (Lipinski definition) is 2. The summed E-state index contributed by atoms with van der Waals surface area (Å²) in [7, 11) is 0. The summed E-state index contributed by atoms with van der Waals surface area (Å²) in [6, 6.07) is 5.86. The third-order valence-electron chi connectivity index (χ3n) is 2.76. The van der Waals surface area contributed by atoms with Gasteiger partial charge in [-0.3, -0.25) is 0 Å². The van der Waals surface area contributed by atoms with Gasteiger partial charge in [-0.2, -0.15) is 0 Å². The van der Waals surface area contributed by atoms with Crippen LogP contribution in [0.1, 0.15) is 21.6 Å². The number of benzene rings is 1. The van der Waals surface area contributed by atoms with E-state index in [0.717, 1.165) is 0 Å². The molecule has 0 unspecified atom stereocenters. The van der Waals surface area contributed by atoms with Crippen molar-refractivity contribution < 1.29 is 14.3 Å². The Kier molecular flexibility index (Phi) is 3.90. The SMILES string of the molecule is Cc1cc(C)c(C(=O)O)c(Nc2c(F)cccc2Cl)n1. The van der Waals surface area contributed by atoms with Crippen LogP contribution >= 0.6 is 11.6 Å². The molecule has 20 heavy (non-hydrogen) atoms. The highest BCUT2D eigenvalue weighted by atomic mass is 35.5. The van der Waals surface area contributed by atoms with E-state index in [-0.39, 0.29) is 22.1 Å². The van der Waals surface area contributed by atoms with Crippen LogP contribution < -0.4 is 5.32 Å². The quantitative estimate of drug-likeness (QED) is 0.900. The Morgan fingerprint density at radius 1 is 1.40 bits per heavy atom. The maximum atomic E-state index is 13.7. The van der Waals surface area contributed by atoms with Gasteiger partial charge in [0, 0.05) is 5.69 Å². The number of carboxylic acid groups (broad SMARTS) is 1. The number of carbonyl (C=O) groups is 1. The predicted octanol–water partition coefficient (Wildman–Crippen LogP) is 3.93. The number of anilines is 2. The average Bonchev–Trinajstić information content (AvgIpc) is 2.32. The molecule has 0 aliphatic rings. The van der Waals surface area contributed by atoms with Gasteiger partial charge in [0.15, 0.2) is 0 Å². The molecule has 6 heteroatoms. The van der Waals surface area contributed by atoms with Crippen molar-refractivity contribution in [2.24, 2.45) is 0 Å². The van der Waals surface area contributed by atoms with Gasteiger partial charge in [-0.25, -0.2) is 14.2 Å². The van der Waals surface area contributed by atoms with E-state index in [1.807, 2.05) is 0 Å². The van der Waals surface area contributed by atoms with Gasteiger partial charge in [0.2, 0.25) is 0 Å². The summed E-state index contributed by atoms with van der Waals surface area (Å²) in [6.45, 7) is 3.39. The Morgan fingerprint density at radius 3 is 2.70 bits per heavy atom. The normalized spacial score (nSPS) is 10.4. The molecule has 2 N–H and O–H groups in total. The number of aryl methyl sites for hydroxylation is 2. The molecular weight excluding hydrogens is 283 g/mol. The van der Waals surface area contributed by atoms with Gasteiger partial charge in [0.05, 0.1) is 10.7 Å². The molecule has 2 aromatic rings. The van der Waals surface area contributed by atoms with Crippen LogP contribution in [0, 0.1) is 19.7 Å². The van der Waals surface area contributed by atoms with Gasteiger partial charge >= 0.3 is 5.97 Å². The number of nitrogens with one attached hydrogen (secondary N) is 1. The first-order chi connectivity index (χ1) is 9.40. The summed E-state index contributed by atoms with van der Waals surface area (Å²) in [5.74, 6) is -1.64. The minimum atomic E-state index is -1.13. The number of halogens is 2. The Balaban J connectivity index is 2.56. The van der Waals surface area contributed by atoms with Crippen molar-refractivity contribution in [3.63, 3.8) is 0 Å². The van der Waals surface area contributed by atoms with Crippen LogP contribution in [0.15, 0.2) is 24.3 Å². The molecular formula is C14H12ClFN2O2. The summed E-state index contributed by atoms with van der Waals surface area (Å²) in [4.78, 5) is 15.4. The number of hydrogen-bond acceptors (Lipinski definition) is 3. The van der Waals surface area contributed by atoms with Crippen LogP contribution in [-0.4, -0.2) is 16.1 Å². The topological polar surface area (TPSA) is 62.2 Å². The number of aromatic carboxylic acids is 1. The van der Waals surface area contributed by atoms with Gasteiger partial charge < -0.3 is 10.4 Å². The predicted molar refractivity (Wildman–Crippen MR) is 75.4 cm³/mol. The Bertz CT molecular complexity index is 669. The molecule has 0 amide bonds. The van der Waals surface area contributed by atoms with Crippen molar-refractivity contribution in [3.05, 3.63) is 51.9 Å². The Hall–Kier alpha value is -2.14. The lowest BCUT2D eigenvalue weighted by molar-refractivity contribution is 0.0697. The van der Waals surface area contributed by atoms with Crippen LogP contribution in [0.2, 0.25) is 5.02 Å². The molecule has 4 nitrogen and oxygen atoms in total. The first kappa shape index (κ1) is 14.3. The van der Waals surface area contributed by atoms with Gasteiger partial charge in [-0.1, -0.05) is 17.7 Å². The molecule has 104 valence electrons. The number of pyridine rings is 1.